The predicted molar refractivity (Wildman–Crippen MR) is 125 cm³/mol. The standard InChI is InChI=1S/C27H18N2O5/c1-31-24-15-18(11-12-22(24)32-14-13-28)23-16-20(19-9-5-6-10-21(19)33-23)25-27(30)34-26(29-25)17-7-3-2-4-8-17/h2-12,15-16H,14H2,1H3. The van der Waals surface area contributed by atoms with Crippen LogP contribution in [0, 0.1) is 11.3 Å². The molecule has 3 aromatic carbocycles. The van der Waals surface area contributed by atoms with E-state index >= 15 is 0 Å². The van der Waals surface area contributed by atoms with Crippen LogP contribution >= 0.6 is 0 Å². The number of cyclic esters (lactones) is 1. The molecule has 0 aromatic heterocycles. The highest BCUT2D eigenvalue weighted by Gasteiger charge is 2.30. The maximum atomic E-state index is 12.8. The van der Waals surface area contributed by atoms with E-state index in [4.69, 9.17) is 24.2 Å². The van der Waals surface area contributed by atoms with Crippen LogP contribution in [0.3, 0.4) is 0 Å². The molecule has 7 heteroatoms. The number of aliphatic imine (C=N–C) groups is 1. The van der Waals surface area contributed by atoms with E-state index in [1.54, 1.807) is 24.3 Å². The first kappa shape index (κ1) is 21.0. The summed E-state index contributed by atoms with van der Waals surface area (Å²) in [5.74, 6) is 1.71. The normalized spacial score (nSPS) is 16.4. The molecule has 0 radical (unpaired) electrons. The van der Waals surface area contributed by atoms with Gasteiger partial charge in [0.15, 0.2) is 23.8 Å². The fourth-order valence-electron chi connectivity index (χ4n) is 3.70. The van der Waals surface area contributed by atoms with E-state index in [0.717, 1.165) is 5.56 Å². The molecule has 7 nitrogen and oxygen atoms in total. The topological polar surface area (TPSA) is 90.1 Å². The smallest absolute Gasteiger partial charge is 0.364 e. The number of hydrogen-bond donors (Lipinski definition) is 0. The van der Waals surface area contributed by atoms with Crippen molar-refractivity contribution in [1.29, 1.82) is 5.26 Å². The van der Waals surface area contributed by atoms with Gasteiger partial charge in [0.25, 0.3) is 0 Å². The second-order valence-corrected chi connectivity index (χ2v) is 7.35. The Morgan fingerprint density at radius 3 is 2.53 bits per heavy atom. The molecule has 0 aliphatic carbocycles. The van der Waals surface area contributed by atoms with Crippen molar-refractivity contribution in [3.63, 3.8) is 0 Å². The first-order valence-electron chi connectivity index (χ1n) is 10.5. The fourth-order valence-corrected chi connectivity index (χ4v) is 3.70. The number of nitrogens with zero attached hydrogens (tertiary/aromatic N) is 2. The lowest BCUT2D eigenvalue weighted by Crippen LogP contribution is -2.08. The number of esters is 1. The third kappa shape index (κ3) is 3.89. The minimum Gasteiger partial charge on any atom is -0.493 e. The van der Waals surface area contributed by atoms with Crippen LogP contribution < -0.4 is 14.2 Å². The molecule has 0 unspecified atom stereocenters. The molecular formula is C27H18N2O5. The van der Waals surface area contributed by atoms with Gasteiger partial charge in [0, 0.05) is 22.3 Å². The van der Waals surface area contributed by atoms with Crippen molar-refractivity contribution in [2.75, 3.05) is 13.7 Å². The van der Waals surface area contributed by atoms with E-state index in [-0.39, 0.29) is 18.2 Å². The third-order valence-corrected chi connectivity index (χ3v) is 5.28. The fraction of sp³-hybridized carbons (Fsp3) is 0.0741. The van der Waals surface area contributed by atoms with E-state index < -0.39 is 5.97 Å². The molecule has 0 fully saturated rings. The van der Waals surface area contributed by atoms with Gasteiger partial charge in [0.1, 0.15) is 17.6 Å². The monoisotopic (exact) mass is 450 g/mol. The number of fused-ring (bicyclic) bond motifs is 1. The Morgan fingerprint density at radius 2 is 1.74 bits per heavy atom. The van der Waals surface area contributed by atoms with Crippen LogP contribution in [0.1, 0.15) is 16.7 Å². The van der Waals surface area contributed by atoms with Crippen molar-refractivity contribution in [3.05, 3.63) is 101 Å². The maximum absolute atomic E-state index is 12.8. The molecular weight excluding hydrogens is 432 g/mol. The van der Waals surface area contributed by atoms with Crippen molar-refractivity contribution in [1.82, 2.24) is 0 Å². The average Bonchev–Trinajstić information content (AvgIpc) is 3.28. The van der Waals surface area contributed by atoms with Crippen molar-refractivity contribution >= 4 is 23.2 Å². The van der Waals surface area contributed by atoms with Gasteiger partial charge in [0.05, 0.1) is 7.11 Å². The van der Waals surface area contributed by atoms with Gasteiger partial charge in [-0.3, -0.25) is 0 Å². The molecule has 34 heavy (non-hydrogen) atoms. The molecule has 0 saturated heterocycles. The molecule has 0 bridgehead atoms. The highest BCUT2D eigenvalue weighted by atomic mass is 16.6. The molecule has 2 aliphatic heterocycles. The Balaban J connectivity index is 1.62. The number of allylic oxidation sites excluding steroid dienone is 2. The number of methoxy groups -OCH3 is 1. The molecule has 2 heterocycles. The van der Waals surface area contributed by atoms with Crippen LogP contribution in [0.2, 0.25) is 0 Å². The van der Waals surface area contributed by atoms with E-state index in [0.29, 0.717) is 39.7 Å². The summed E-state index contributed by atoms with van der Waals surface area (Å²) >= 11 is 0. The zero-order chi connectivity index (χ0) is 23.5. The molecule has 3 aromatic rings. The average molecular weight is 450 g/mol. The van der Waals surface area contributed by atoms with Crippen molar-refractivity contribution in [2.45, 2.75) is 0 Å². The van der Waals surface area contributed by atoms with Gasteiger partial charge >= 0.3 is 5.97 Å². The number of carbonyl (C=O) groups is 1. The van der Waals surface area contributed by atoms with Gasteiger partial charge in [-0.1, -0.05) is 36.4 Å². The largest absolute Gasteiger partial charge is 0.493 e. The summed E-state index contributed by atoms with van der Waals surface area (Å²) in [6.07, 6.45) is 1.76. The zero-order valence-corrected chi connectivity index (χ0v) is 18.1. The van der Waals surface area contributed by atoms with E-state index in [1.807, 2.05) is 60.7 Å². The summed E-state index contributed by atoms with van der Waals surface area (Å²) in [4.78, 5) is 17.3. The van der Waals surface area contributed by atoms with Crippen molar-refractivity contribution < 1.29 is 23.7 Å². The van der Waals surface area contributed by atoms with Gasteiger partial charge in [-0.25, -0.2) is 9.79 Å². The number of carbonyl (C=O) groups excluding carboxylic acids is 1. The number of para-hydroxylation sites is 1. The van der Waals surface area contributed by atoms with Crippen LogP contribution in [0.4, 0.5) is 0 Å². The minimum absolute atomic E-state index is 0.0949. The zero-order valence-electron chi connectivity index (χ0n) is 18.1. The number of hydrogen-bond acceptors (Lipinski definition) is 7. The maximum Gasteiger partial charge on any atom is 0.364 e. The Bertz CT molecular complexity index is 1410. The van der Waals surface area contributed by atoms with Gasteiger partial charge in [0.2, 0.25) is 5.90 Å². The lowest BCUT2D eigenvalue weighted by Gasteiger charge is -2.21. The lowest BCUT2D eigenvalue weighted by molar-refractivity contribution is -0.129. The quantitative estimate of drug-likeness (QED) is 0.412. The van der Waals surface area contributed by atoms with Gasteiger partial charge in [-0.05, 0) is 42.5 Å². The molecule has 0 N–H and O–H groups in total. The summed E-state index contributed by atoms with van der Waals surface area (Å²) in [7, 11) is 1.52. The van der Waals surface area contributed by atoms with Crippen LogP contribution in [-0.2, 0) is 9.53 Å². The predicted octanol–water partition coefficient (Wildman–Crippen LogP) is 4.75. The Kier molecular flexibility index (Phi) is 5.55. The van der Waals surface area contributed by atoms with E-state index in [9.17, 15) is 4.79 Å². The summed E-state index contributed by atoms with van der Waals surface area (Å²) in [5, 5.41) is 8.79. The molecule has 166 valence electrons. The number of benzene rings is 3. The molecule has 0 amide bonds. The summed E-state index contributed by atoms with van der Waals surface area (Å²) in [6, 6.07) is 23.9. The summed E-state index contributed by atoms with van der Waals surface area (Å²) in [5.41, 5.74) is 2.95. The molecule has 5 rings (SSSR count). The summed E-state index contributed by atoms with van der Waals surface area (Å²) < 4.78 is 22.5. The first-order valence-corrected chi connectivity index (χ1v) is 10.5. The van der Waals surface area contributed by atoms with Crippen LogP contribution in [0.5, 0.6) is 17.2 Å². The van der Waals surface area contributed by atoms with Crippen molar-refractivity contribution in [2.24, 2.45) is 4.99 Å². The Labute approximate surface area is 195 Å². The second-order valence-electron chi connectivity index (χ2n) is 7.35. The van der Waals surface area contributed by atoms with E-state index in [2.05, 4.69) is 4.99 Å². The van der Waals surface area contributed by atoms with Gasteiger partial charge in [-0.15, -0.1) is 0 Å². The van der Waals surface area contributed by atoms with Crippen LogP contribution in [0.25, 0.3) is 11.3 Å². The SMILES string of the molecule is COc1cc(C2=CC(=C3N=C(c4ccccc4)OC3=O)c3ccccc3O2)ccc1OCC#N. The first-order chi connectivity index (χ1) is 16.7. The van der Waals surface area contributed by atoms with Gasteiger partial charge < -0.3 is 18.9 Å². The minimum atomic E-state index is -0.529. The molecule has 0 saturated carbocycles. The van der Waals surface area contributed by atoms with E-state index in [1.165, 1.54) is 7.11 Å². The summed E-state index contributed by atoms with van der Waals surface area (Å²) in [6.45, 7) is -0.0949. The van der Waals surface area contributed by atoms with Gasteiger partial charge in [-0.2, -0.15) is 5.26 Å². The van der Waals surface area contributed by atoms with Crippen LogP contribution in [0.15, 0.2) is 89.6 Å². The number of rotatable bonds is 5. The molecule has 0 spiro atoms. The number of ether oxygens (including phenoxy) is 4. The Morgan fingerprint density at radius 1 is 0.941 bits per heavy atom. The van der Waals surface area contributed by atoms with Crippen LogP contribution in [-0.4, -0.2) is 25.6 Å². The molecule has 0 atom stereocenters. The Hall–Kier alpha value is -4.83. The highest BCUT2D eigenvalue weighted by Crippen LogP contribution is 2.41. The molecule has 2 aliphatic rings. The second kappa shape index (κ2) is 8.96. The third-order valence-electron chi connectivity index (χ3n) is 5.28. The highest BCUT2D eigenvalue weighted by molar-refractivity contribution is 6.15. The number of nitriles is 1. The lowest BCUT2D eigenvalue weighted by atomic mass is 9.97. The van der Waals surface area contributed by atoms with Crippen molar-refractivity contribution in [3.8, 4) is 23.3 Å².